The summed E-state index contributed by atoms with van der Waals surface area (Å²) in [7, 11) is 0. The molecule has 0 aromatic rings. The fraction of sp³-hybridized carbons (Fsp3) is 0.694. The van der Waals surface area contributed by atoms with Gasteiger partial charge in [0.2, 0.25) is 0 Å². The van der Waals surface area contributed by atoms with Crippen LogP contribution < -0.4 is 0 Å². The van der Waals surface area contributed by atoms with Crippen LogP contribution in [0.2, 0.25) is 0 Å². The maximum absolute atomic E-state index is 12.9. The third-order valence-electron chi connectivity index (χ3n) is 11.8. The first-order valence-corrected chi connectivity index (χ1v) is 28.2. The molecule has 0 aliphatic rings. The van der Waals surface area contributed by atoms with Crippen molar-refractivity contribution in [1.29, 1.82) is 0 Å². The normalized spacial score (nSPS) is 12.8. The van der Waals surface area contributed by atoms with Crippen LogP contribution in [0, 0.1) is 0 Å². The Bertz CT molecular complexity index is 1360. The minimum absolute atomic E-state index is 0.102. The Hall–Kier alpha value is -3.67. The Morgan fingerprint density at radius 2 is 0.574 bits per heavy atom. The lowest BCUT2D eigenvalue weighted by Crippen LogP contribution is -2.30. The van der Waals surface area contributed by atoms with E-state index < -0.39 is 6.10 Å². The highest BCUT2D eigenvalue weighted by atomic mass is 16.6. The molecule has 0 bridgehead atoms. The molecule has 0 saturated heterocycles. The summed E-state index contributed by atoms with van der Waals surface area (Å²) in [5, 5.41) is 0. The minimum Gasteiger partial charge on any atom is -0.462 e. The fourth-order valence-corrected chi connectivity index (χ4v) is 7.66. The van der Waals surface area contributed by atoms with Gasteiger partial charge in [-0.25, -0.2) is 0 Å². The lowest BCUT2D eigenvalue weighted by Gasteiger charge is -2.18. The van der Waals surface area contributed by atoms with Crippen LogP contribution in [-0.4, -0.2) is 37.2 Å². The van der Waals surface area contributed by atoms with Crippen molar-refractivity contribution >= 4 is 17.9 Å². The molecular formula is C62H104O6. The van der Waals surface area contributed by atoms with Gasteiger partial charge in [-0.2, -0.15) is 0 Å². The second kappa shape index (κ2) is 55.9. The van der Waals surface area contributed by atoms with Gasteiger partial charge in [0, 0.05) is 19.3 Å². The van der Waals surface area contributed by atoms with Crippen LogP contribution in [-0.2, 0) is 28.6 Å². The molecule has 388 valence electrons. The smallest absolute Gasteiger partial charge is 0.306 e. The first-order chi connectivity index (χ1) is 33.5. The SMILES string of the molecule is CC/C=C\C/C=C\C/C=C\C/C=C\C/C=C\CCCCCC(=O)OCC(COC(=O)CCCCC/C=C\C/C=C\C/C=C\CC)OC(=O)CCCCCCCCCCCCCCCCCCCC. The van der Waals surface area contributed by atoms with Gasteiger partial charge in [0.25, 0.3) is 0 Å². The molecule has 0 rings (SSSR count). The van der Waals surface area contributed by atoms with E-state index in [1.807, 2.05) is 0 Å². The van der Waals surface area contributed by atoms with E-state index in [0.29, 0.717) is 19.3 Å². The zero-order valence-corrected chi connectivity index (χ0v) is 44.3. The van der Waals surface area contributed by atoms with Crippen molar-refractivity contribution in [2.75, 3.05) is 13.2 Å². The van der Waals surface area contributed by atoms with Gasteiger partial charge in [0.05, 0.1) is 0 Å². The second-order valence-electron chi connectivity index (χ2n) is 18.4. The van der Waals surface area contributed by atoms with Crippen molar-refractivity contribution in [2.24, 2.45) is 0 Å². The predicted molar refractivity (Wildman–Crippen MR) is 293 cm³/mol. The highest BCUT2D eigenvalue weighted by Crippen LogP contribution is 2.16. The zero-order chi connectivity index (χ0) is 49.3. The Morgan fingerprint density at radius 3 is 0.897 bits per heavy atom. The number of allylic oxidation sites excluding steroid dienone is 16. The summed E-state index contributed by atoms with van der Waals surface area (Å²) in [6.07, 6.45) is 74.0. The highest BCUT2D eigenvalue weighted by molar-refractivity contribution is 5.71. The number of hydrogen-bond donors (Lipinski definition) is 0. The summed E-state index contributed by atoms with van der Waals surface area (Å²) >= 11 is 0. The number of unbranched alkanes of at least 4 members (excludes halogenated alkanes) is 23. The van der Waals surface area contributed by atoms with E-state index in [1.165, 1.54) is 96.3 Å². The van der Waals surface area contributed by atoms with Gasteiger partial charge in [-0.1, -0.05) is 240 Å². The number of ether oxygens (including phenoxy) is 3. The third-order valence-corrected chi connectivity index (χ3v) is 11.8. The van der Waals surface area contributed by atoms with Gasteiger partial charge in [0.15, 0.2) is 6.10 Å². The van der Waals surface area contributed by atoms with Crippen molar-refractivity contribution in [3.8, 4) is 0 Å². The quantitative estimate of drug-likeness (QED) is 0.0262. The van der Waals surface area contributed by atoms with Gasteiger partial charge >= 0.3 is 17.9 Å². The van der Waals surface area contributed by atoms with Crippen molar-refractivity contribution in [1.82, 2.24) is 0 Å². The number of hydrogen-bond acceptors (Lipinski definition) is 6. The first kappa shape index (κ1) is 64.3. The number of carbonyl (C=O) groups is 3. The number of carbonyl (C=O) groups excluding carboxylic acids is 3. The molecule has 0 aliphatic carbocycles. The molecule has 1 atom stereocenters. The molecule has 0 amide bonds. The average molecular weight is 946 g/mol. The molecule has 0 saturated carbocycles. The molecule has 6 heteroatoms. The van der Waals surface area contributed by atoms with Crippen molar-refractivity contribution < 1.29 is 28.6 Å². The molecular weight excluding hydrogens is 841 g/mol. The van der Waals surface area contributed by atoms with Crippen LogP contribution in [0.5, 0.6) is 0 Å². The number of esters is 3. The predicted octanol–water partition coefficient (Wildman–Crippen LogP) is 18.9. The van der Waals surface area contributed by atoms with Gasteiger partial charge in [0.1, 0.15) is 13.2 Å². The second-order valence-corrected chi connectivity index (χ2v) is 18.4. The van der Waals surface area contributed by atoms with E-state index in [4.69, 9.17) is 14.2 Å². The molecule has 6 nitrogen and oxygen atoms in total. The zero-order valence-electron chi connectivity index (χ0n) is 44.3. The molecule has 0 fully saturated rings. The van der Waals surface area contributed by atoms with E-state index in [2.05, 4.69) is 118 Å². The first-order valence-electron chi connectivity index (χ1n) is 28.2. The molecule has 68 heavy (non-hydrogen) atoms. The molecule has 0 N–H and O–H groups in total. The van der Waals surface area contributed by atoms with Crippen molar-refractivity contribution in [3.63, 3.8) is 0 Å². The van der Waals surface area contributed by atoms with Crippen LogP contribution >= 0.6 is 0 Å². The molecule has 0 aliphatic heterocycles. The fourth-order valence-electron chi connectivity index (χ4n) is 7.66. The molecule has 0 radical (unpaired) electrons. The van der Waals surface area contributed by atoms with Crippen LogP contribution in [0.25, 0.3) is 0 Å². The van der Waals surface area contributed by atoms with Crippen LogP contribution in [0.15, 0.2) is 97.2 Å². The van der Waals surface area contributed by atoms with E-state index in [-0.39, 0.29) is 31.1 Å². The van der Waals surface area contributed by atoms with Gasteiger partial charge in [-0.05, 0) is 96.3 Å². The summed E-state index contributed by atoms with van der Waals surface area (Å²) in [6, 6.07) is 0. The average Bonchev–Trinajstić information content (AvgIpc) is 3.34. The Kier molecular flexibility index (Phi) is 52.9. The van der Waals surface area contributed by atoms with Crippen LogP contribution in [0.1, 0.15) is 258 Å². The van der Waals surface area contributed by atoms with Gasteiger partial charge in [-0.3, -0.25) is 14.4 Å². The molecule has 1 unspecified atom stereocenters. The Labute approximate surface area is 419 Å². The highest BCUT2D eigenvalue weighted by Gasteiger charge is 2.19. The maximum atomic E-state index is 12.9. The summed E-state index contributed by atoms with van der Waals surface area (Å²) in [5.74, 6) is -0.957. The molecule has 0 heterocycles. The topological polar surface area (TPSA) is 78.9 Å². The lowest BCUT2D eigenvalue weighted by molar-refractivity contribution is -0.167. The molecule has 0 aromatic heterocycles. The van der Waals surface area contributed by atoms with Crippen molar-refractivity contribution in [2.45, 2.75) is 264 Å². The van der Waals surface area contributed by atoms with E-state index in [1.54, 1.807) is 0 Å². The van der Waals surface area contributed by atoms with E-state index in [0.717, 1.165) is 122 Å². The Morgan fingerprint density at radius 1 is 0.309 bits per heavy atom. The standard InChI is InChI=1S/C62H104O6/c1-4-7-10-13-16-19-22-25-27-29-31-33-34-37-40-43-46-49-52-55-61(64)67-58-59(57-66-60(63)54-51-48-45-42-39-36-24-21-18-15-12-9-6-3)68-62(65)56-53-50-47-44-41-38-35-32-30-28-26-23-20-17-14-11-8-5-2/h7,9-10,12,16,18-19,21,25,27,31,33,36-37,39-40,59H,4-6,8,11,13-15,17,20,22-24,26,28-30,32,34-35,38,41-58H2,1-3H3/b10-7-,12-9-,19-16-,21-18-,27-25-,33-31-,39-36-,40-37-. The summed E-state index contributed by atoms with van der Waals surface area (Å²) in [5.41, 5.74) is 0. The number of rotatable bonds is 50. The summed E-state index contributed by atoms with van der Waals surface area (Å²) < 4.78 is 16.8. The largest absolute Gasteiger partial charge is 0.462 e. The minimum atomic E-state index is -0.803. The van der Waals surface area contributed by atoms with E-state index in [9.17, 15) is 14.4 Å². The van der Waals surface area contributed by atoms with Crippen LogP contribution in [0.4, 0.5) is 0 Å². The van der Waals surface area contributed by atoms with Crippen LogP contribution in [0.3, 0.4) is 0 Å². The monoisotopic (exact) mass is 945 g/mol. The van der Waals surface area contributed by atoms with Gasteiger partial charge in [-0.15, -0.1) is 0 Å². The Balaban J connectivity index is 4.45. The van der Waals surface area contributed by atoms with Crippen molar-refractivity contribution in [3.05, 3.63) is 97.2 Å². The summed E-state index contributed by atoms with van der Waals surface area (Å²) in [6.45, 7) is 6.37. The van der Waals surface area contributed by atoms with E-state index >= 15 is 0 Å². The molecule has 0 aromatic carbocycles. The maximum Gasteiger partial charge on any atom is 0.306 e. The lowest BCUT2D eigenvalue weighted by atomic mass is 10.0. The third kappa shape index (κ3) is 53.3. The van der Waals surface area contributed by atoms with Gasteiger partial charge < -0.3 is 14.2 Å². The summed E-state index contributed by atoms with van der Waals surface area (Å²) in [4.78, 5) is 38.1. The molecule has 0 spiro atoms.